The number of nitrogens with one attached hydrogen (secondary N) is 1. The molecule has 0 radical (unpaired) electrons. The molecule has 1 saturated heterocycles. The molecule has 2 fully saturated rings. The minimum atomic E-state index is -0.315. The molecule has 4 unspecified atom stereocenters. The first-order chi connectivity index (χ1) is 9.54. The Labute approximate surface area is 122 Å². The van der Waals surface area contributed by atoms with Crippen molar-refractivity contribution in [2.75, 3.05) is 6.54 Å². The Morgan fingerprint density at radius 3 is 2.55 bits per heavy atom. The van der Waals surface area contributed by atoms with Crippen LogP contribution in [0.2, 0.25) is 0 Å². The molecule has 4 heteroatoms. The van der Waals surface area contributed by atoms with Crippen molar-refractivity contribution in [3.05, 3.63) is 0 Å². The third kappa shape index (κ3) is 3.15. The van der Waals surface area contributed by atoms with Crippen LogP contribution >= 0.6 is 0 Å². The van der Waals surface area contributed by atoms with E-state index < -0.39 is 0 Å². The van der Waals surface area contributed by atoms with Gasteiger partial charge in [0, 0.05) is 6.54 Å². The molecule has 114 valence electrons. The number of hydrogen-bond acceptors (Lipinski definition) is 2. The topological polar surface area (TPSA) is 49.4 Å². The lowest BCUT2D eigenvalue weighted by atomic mass is 9.80. The number of amides is 2. The van der Waals surface area contributed by atoms with E-state index in [9.17, 15) is 9.59 Å². The zero-order valence-electron chi connectivity index (χ0n) is 13.0. The molecule has 0 spiro atoms. The van der Waals surface area contributed by atoms with E-state index in [4.69, 9.17) is 0 Å². The average Bonchev–Trinajstić information content (AvgIpc) is 2.43. The lowest BCUT2D eigenvalue weighted by Gasteiger charge is -2.41. The average molecular weight is 280 g/mol. The zero-order valence-corrected chi connectivity index (χ0v) is 13.0. The van der Waals surface area contributed by atoms with Crippen LogP contribution in [-0.4, -0.2) is 35.3 Å². The molecule has 2 amide bonds. The molecule has 0 aromatic carbocycles. The van der Waals surface area contributed by atoms with Gasteiger partial charge in [-0.1, -0.05) is 39.5 Å². The molecular formula is C16H28N2O2. The maximum absolute atomic E-state index is 12.6. The molecule has 0 aromatic rings. The second-order valence-corrected chi connectivity index (χ2v) is 6.54. The van der Waals surface area contributed by atoms with Gasteiger partial charge in [0.1, 0.15) is 12.1 Å². The first-order valence-electron chi connectivity index (χ1n) is 8.15. The highest BCUT2D eigenvalue weighted by Gasteiger charge is 2.39. The van der Waals surface area contributed by atoms with Crippen molar-refractivity contribution >= 4 is 11.8 Å². The quantitative estimate of drug-likeness (QED) is 0.859. The van der Waals surface area contributed by atoms with Gasteiger partial charge in [0.05, 0.1) is 0 Å². The Hall–Kier alpha value is -1.06. The summed E-state index contributed by atoms with van der Waals surface area (Å²) in [5.74, 6) is 1.35. The summed E-state index contributed by atoms with van der Waals surface area (Å²) in [6.07, 6.45) is 6.67. The van der Waals surface area contributed by atoms with Crippen LogP contribution < -0.4 is 5.32 Å². The van der Waals surface area contributed by atoms with E-state index in [0.29, 0.717) is 11.8 Å². The second kappa shape index (κ2) is 6.59. The van der Waals surface area contributed by atoms with Gasteiger partial charge >= 0.3 is 0 Å². The molecule has 20 heavy (non-hydrogen) atoms. The maximum Gasteiger partial charge on any atom is 0.245 e. The van der Waals surface area contributed by atoms with Gasteiger partial charge < -0.3 is 10.2 Å². The molecular weight excluding hydrogens is 252 g/mol. The molecule has 1 aliphatic heterocycles. The molecule has 1 aliphatic carbocycles. The fraction of sp³-hybridized carbons (Fsp3) is 0.875. The predicted octanol–water partition coefficient (Wildman–Crippen LogP) is 2.33. The van der Waals surface area contributed by atoms with Crippen LogP contribution in [-0.2, 0) is 9.59 Å². The van der Waals surface area contributed by atoms with Crippen molar-refractivity contribution in [1.29, 1.82) is 0 Å². The van der Waals surface area contributed by atoms with Crippen LogP contribution in [0.1, 0.15) is 59.3 Å². The Bertz CT molecular complexity index is 369. The van der Waals surface area contributed by atoms with Crippen molar-refractivity contribution in [2.24, 2.45) is 11.8 Å². The minimum Gasteiger partial charge on any atom is -0.343 e. The molecule has 1 saturated carbocycles. The van der Waals surface area contributed by atoms with Crippen molar-refractivity contribution < 1.29 is 9.59 Å². The third-order valence-electron chi connectivity index (χ3n) is 5.04. The Morgan fingerprint density at radius 1 is 1.20 bits per heavy atom. The summed E-state index contributed by atoms with van der Waals surface area (Å²) in [4.78, 5) is 26.5. The van der Waals surface area contributed by atoms with Crippen molar-refractivity contribution in [3.63, 3.8) is 0 Å². The SMILES string of the molecule is CCCC1NC(=O)C(C)N(CC2CCCCC2C)C1=O. The van der Waals surface area contributed by atoms with Gasteiger partial charge in [-0.3, -0.25) is 9.59 Å². The summed E-state index contributed by atoms with van der Waals surface area (Å²) in [5, 5.41) is 2.87. The molecule has 1 N–H and O–H groups in total. The summed E-state index contributed by atoms with van der Waals surface area (Å²) >= 11 is 0. The van der Waals surface area contributed by atoms with E-state index in [1.54, 1.807) is 0 Å². The highest BCUT2D eigenvalue weighted by atomic mass is 16.2. The fourth-order valence-electron chi connectivity index (χ4n) is 3.54. The molecule has 1 heterocycles. The molecule has 0 aromatic heterocycles. The Morgan fingerprint density at radius 2 is 1.90 bits per heavy atom. The fourth-order valence-corrected chi connectivity index (χ4v) is 3.54. The lowest BCUT2D eigenvalue weighted by Crippen LogP contribution is -2.63. The van der Waals surface area contributed by atoms with E-state index in [-0.39, 0.29) is 23.9 Å². The minimum absolute atomic E-state index is 0.00603. The van der Waals surface area contributed by atoms with E-state index >= 15 is 0 Å². The molecule has 2 rings (SSSR count). The van der Waals surface area contributed by atoms with Crippen molar-refractivity contribution in [1.82, 2.24) is 10.2 Å². The number of piperazine rings is 1. The largest absolute Gasteiger partial charge is 0.343 e. The van der Waals surface area contributed by atoms with Crippen LogP contribution in [0.15, 0.2) is 0 Å². The summed E-state index contributed by atoms with van der Waals surface area (Å²) < 4.78 is 0. The third-order valence-corrected chi connectivity index (χ3v) is 5.04. The summed E-state index contributed by atoms with van der Waals surface area (Å²) in [7, 11) is 0. The van der Waals surface area contributed by atoms with Crippen LogP contribution in [0, 0.1) is 11.8 Å². The van der Waals surface area contributed by atoms with Crippen LogP contribution in [0.5, 0.6) is 0 Å². The van der Waals surface area contributed by atoms with Gasteiger partial charge in [0.25, 0.3) is 0 Å². The number of carbonyl (C=O) groups is 2. The molecule has 2 aliphatic rings. The maximum atomic E-state index is 12.6. The number of carbonyl (C=O) groups excluding carboxylic acids is 2. The standard InChI is InChI=1S/C16H28N2O2/c1-4-7-14-16(20)18(12(3)15(19)17-14)10-13-9-6-5-8-11(13)2/h11-14H,4-10H2,1-3H3,(H,17,19). The van der Waals surface area contributed by atoms with E-state index in [1.807, 2.05) is 18.7 Å². The number of hydrogen-bond donors (Lipinski definition) is 1. The molecule has 0 bridgehead atoms. The highest BCUT2D eigenvalue weighted by Crippen LogP contribution is 2.31. The normalized spacial score (nSPS) is 35.0. The van der Waals surface area contributed by atoms with Crippen molar-refractivity contribution in [3.8, 4) is 0 Å². The van der Waals surface area contributed by atoms with Gasteiger partial charge in [0.2, 0.25) is 11.8 Å². The van der Waals surface area contributed by atoms with Crippen LogP contribution in [0.4, 0.5) is 0 Å². The summed E-state index contributed by atoms with van der Waals surface area (Å²) in [6.45, 7) is 6.94. The van der Waals surface area contributed by atoms with E-state index in [0.717, 1.165) is 19.4 Å². The van der Waals surface area contributed by atoms with Gasteiger partial charge in [0.15, 0.2) is 0 Å². The van der Waals surface area contributed by atoms with Gasteiger partial charge in [-0.2, -0.15) is 0 Å². The highest BCUT2D eigenvalue weighted by molar-refractivity contribution is 5.96. The monoisotopic (exact) mass is 280 g/mol. The lowest BCUT2D eigenvalue weighted by molar-refractivity contribution is -0.150. The summed E-state index contributed by atoms with van der Waals surface area (Å²) in [5.41, 5.74) is 0. The van der Waals surface area contributed by atoms with Gasteiger partial charge in [-0.05, 0) is 31.6 Å². The number of rotatable bonds is 4. The van der Waals surface area contributed by atoms with Crippen molar-refractivity contribution in [2.45, 2.75) is 71.4 Å². The van der Waals surface area contributed by atoms with E-state index in [1.165, 1.54) is 25.7 Å². The van der Waals surface area contributed by atoms with E-state index in [2.05, 4.69) is 12.2 Å². The zero-order chi connectivity index (χ0) is 14.7. The Kier molecular flexibility index (Phi) is 5.06. The number of nitrogens with zero attached hydrogens (tertiary/aromatic N) is 1. The van der Waals surface area contributed by atoms with Crippen LogP contribution in [0.3, 0.4) is 0 Å². The van der Waals surface area contributed by atoms with Gasteiger partial charge in [-0.15, -0.1) is 0 Å². The molecule has 4 atom stereocenters. The first kappa shape index (κ1) is 15.3. The Balaban J connectivity index is 2.06. The first-order valence-corrected chi connectivity index (χ1v) is 8.15. The van der Waals surface area contributed by atoms with Gasteiger partial charge in [-0.25, -0.2) is 0 Å². The summed E-state index contributed by atoms with van der Waals surface area (Å²) in [6, 6.07) is -0.618. The second-order valence-electron chi connectivity index (χ2n) is 6.54. The predicted molar refractivity (Wildman–Crippen MR) is 79.1 cm³/mol. The smallest absolute Gasteiger partial charge is 0.245 e. The van der Waals surface area contributed by atoms with Crippen LogP contribution in [0.25, 0.3) is 0 Å². The molecule has 4 nitrogen and oxygen atoms in total.